The summed E-state index contributed by atoms with van der Waals surface area (Å²) in [5.74, 6) is 0.956. The van der Waals surface area contributed by atoms with E-state index in [0.717, 1.165) is 72.5 Å². The van der Waals surface area contributed by atoms with Gasteiger partial charge in [0.15, 0.2) is 0 Å². The van der Waals surface area contributed by atoms with Crippen LogP contribution in [0.5, 0.6) is 5.75 Å². The quantitative estimate of drug-likeness (QED) is 0.173. The molecule has 0 bridgehead atoms. The lowest BCUT2D eigenvalue weighted by molar-refractivity contribution is 0.446. The molecule has 2 aromatic heterocycles. The Morgan fingerprint density at radius 3 is 1.65 bits per heavy atom. The van der Waals surface area contributed by atoms with Crippen molar-refractivity contribution in [3.63, 3.8) is 0 Å². The second-order valence-electron chi connectivity index (χ2n) is 23.1. The molecular formula is C65H67N3O. The van der Waals surface area contributed by atoms with E-state index in [1.807, 2.05) is 6.20 Å². The van der Waals surface area contributed by atoms with Gasteiger partial charge in [0.05, 0.1) is 28.0 Å². The van der Waals surface area contributed by atoms with Gasteiger partial charge in [0.1, 0.15) is 11.6 Å². The molecule has 0 saturated heterocycles. The van der Waals surface area contributed by atoms with Crippen LogP contribution in [-0.2, 0) is 21.7 Å². The molecular weight excluding hydrogens is 839 g/mol. The molecule has 9 rings (SSSR count). The Labute approximate surface area is 410 Å². The number of aryl methyl sites for hydroxylation is 1. The van der Waals surface area contributed by atoms with Gasteiger partial charge in [0.25, 0.3) is 0 Å². The first kappa shape index (κ1) is 47.0. The van der Waals surface area contributed by atoms with Gasteiger partial charge in [0.2, 0.25) is 0 Å². The number of aromatic hydroxyl groups is 1. The Kier molecular flexibility index (Phi) is 11.9. The molecule has 0 fully saturated rings. The summed E-state index contributed by atoms with van der Waals surface area (Å²) in [5.41, 5.74) is 19.5. The summed E-state index contributed by atoms with van der Waals surface area (Å²) in [6.45, 7) is 29.0. The molecule has 2 heterocycles. The summed E-state index contributed by atoms with van der Waals surface area (Å²) in [6.07, 6.45) is 1.92. The van der Waals surface area contributed by atoms with Gasteiger partial charge in [-0.3, -0.25) is 9.55 Å². The van der Waals surface area contributed by atoms with E-state index in [1.165, 1.54) is 27.8 Å². The third-order valence-electron chi connectivity index (χ3n) is 13.7. The number of pyridine rings is 1. The summed E-state index contributed by atoms with van der Waals surface area (Å²) >= 11 is 0. The van der Waals surface area contributed by atoms with Crippen LogP contribution in [0, 0.1) is 6.92 Å². The molecule has 0 aliphatic rings. The van der Waals surface area contributed by atoms with E-state index in [2.05, 4.69) is 252 Å². The van der Waals surface area contributed by atoms with Gasteiger partial charge >= 0.3 is 0 Å². The van der Waals surface area contributed by atoms with Gasteiger partial charge in [-0.15, -0.1) is 0 Å². The fraction of sp³-hybridized carbons (Fsp3) is 0.262. The fourth-order valence-corrected chi connectivity index (χ4v) is 9.41. The second kappa shape index (κ2) is 17.5. The zero-order chi connectivity index (χ0) is 49.2. The van der Waals surface area contributed by atoms with Crippen LogP contribution in [0.15, 0.2) is 164 Å². The van der Waals surface area contributed by atoms with Crippen LogP contribution < -0.4 is 0 Å². The van der Waals surface area contributed by atoms with Crippen molar-refractivity contribution < 1.29 is 5.11 Å². The number of phenols is 1. The molecule has 69 heavy (non-hydrogen) atoms. The standard InChI is InChI=1S/C65H67N3O/c1-41-22-31-57(53(34-41)45-27-29-49(30-28-45)62(2,3)4)68-58-21-17-20-52(59(58)67-61(68)54-39-51(64(8,9)10)40-55(60(54)69)65(11,12)13)47-35-48(37-50(36-47)63(5,6)7)56-38-46(32-33-66-56)44-25-23-43(24-26-44)42-18-15-14-16-19-42/h14-40,69H,1-13H3. The van der Waals surface area contributed by atoms with E-state index in [9.17, 15) is 5.11 Å². The topological polar surface area (TPSA) is 50.9 Å². The largest absolute Gasteiger partial charge is 0.507 e. The molecule has 9 aromatic rings. The van der Waals surface area contributed by atoms with Gasteiger partial charge in [0, 0.05) is 28.5 Å². The number of phenolic OH excluding ortho intramolecular Hbond substituents is 1. The van der Waals surface area contributed by atoms with Crippen molar-refractivity contribution in [3.05, 3.63) is 192 Å². The van der Waals surface area contributed by atoms with E-state index in [0.29, 0.717) is 11.4 Å². The second-order valence-corrected chi connectivity index (χ2v) is 23.1. The van der Waals surface area contributed by atoms with E-state index in [4.69, 9.17) is 9.97 Å². The lowest BCUT2D eigenvalue weighted by Crippen LogP contribution is -2.17. The van der Waals surface area contributed by atoms with Crippen molar-refractivity contribution in [1.29, 1.82) is 0 Å². The van der Waals surface area contributed by atoms with Crippen molar-refractivity contribution in [2.45, 2.75) is 112 Å². The molecule has 0 saturated carbocycles. The summed E-state index contributed by atoms with van der Waals surface area (Å²) in [7, 11) is 0. The molecule has 0 radical (unpaired) electrons. The van der Waals surface area contributed by atoms with Crippen LogP contribution in [0.25, 0.3) is 83.9 Å². The van der Waals surface area contributed by atoms with Gasteiger partial charge in [-0.1, -0.05) is 198 Å². The zero-order valence-electron chi connectivity index (χ0n) is 42.9. The summed E-state index contributed by atoms with van der Waals surface area (Å²) in [6, 6.07) is 57.1. The van der Waals surface area contributed by atoms with Crippen molar-refractivity contribution in [2.24, 2.45) is 0 Å². The molecule has 0 spiro atoms. The first-order valence-corrected chi connectivity index (χ1v) is 24.4. The Balaban J connectivity index is 1.28. The first-order chi connectivity index (χ1) is 32.5. The molecule has 0 unspecified atom stereocenters. The Hall–Kier alpha value is -7.04. The van der Waals surface area contributed by atoms with Gasteiger partial charge in [-0.25, -0.2) is 4.98 Å². The molecule has 0 aliphatic carbocycles. The van der Waals surface area contributed by atoms with Crippen LogP contribution in [0.4, 0.5) is 0 Å². The highest BCUT2D eigenvalue weighted by Crippen LogP contribution is 2.46. The van der Waals surface area contributed by atoms with Gasteiger partial charge in [-0.2, -0.15) is 0 Å². The minimum atomic E-state index is -0.327. The smallest absolute Gasteiger partial charge is 0.149 e. The average Bonchev–Trinajstić information content (AvgIpc) is 3.70. The Bertz CT molecular complexity index is 3340. The molecule has 4 nitrogen and oxygen atoms in total. The summed E-state index contributed by atoms with van der Waals surface area (Å²) in [5, 5.41) is 12.6. The molecule has 0 amide bonds. The van der Waals surface area contributed by atoms with Gasteiger partial charge < -0.3 is 5.11 Å². The van der Waals surface area contributed by atoms with E-state index >= 15 is 0 Å². The van der Waals surface area contributed by atoms with Crippen molar-refractivity contribution in [1.82, 2.24) is 14.5 Å². The van der Waals surface area contributed by atoms with Crippen molar-refractivity contribution in [3.8, 4) is 78.6 Å². The van der Waals surface area contributed by atoms with E-state index in [-0.39, 0.29) is 27.4 Å². The first-order valence-electron chi connectivity index (χ1n) is 24.4. The fourth-order valence-electron chi connectivity index (χ4n) is 9.41. The maximum atomic E-state index is 12.6. The molecule has 1 N–H and O–H groups in total. The highest BCUT2D eigenvalue weighted by atomic mass is 16.3. The Morgan fingerprint density at radius 1 is 0.420 bits per heavy atom. The number of fused-ring (bicyclic) bond motifs is 1. The van der Waals surface area contributed by atoms with Crippen molar-refractivity contribution >= 4 is 11.0 Å². The summed E-state index contributed by atoms with van der Waals surface area (Å²) < 4.78 is 2.29. The molecule has 0 atom stereocenters. The van der Waals surface area contributed by atoms with E-state index in [1.54, 1.807) is 0 Å². The molecule has 4 heteroatoms. The van der Waals surface area contributed by atoms with Crippen LogP contribution >= 0.6 is 0 Å². The number of rotatable bonds is 7. The van der Waals surface area contributed by atoms with Crippen LogP contribution in [0.3, 0.4) is 0 Å². The third-order valence-corrected chi connectivity index (χ3v) is 13.7. The highest BCUT2D eigenvalue weighted by Gasteiger charge is 2.30. The number of hydrogen-bond donors (Lipinski definition) is 1. The maximum Gasteiger partial charge on any atom is 0.149 e. The third kappa shape index (κ3) is 9.42. The number of hydrogen-bond acceptors (Lipinski definition) is 3. The number of nitrogens with zero attached hydrogens (tertiary/aromatic N) is 3. The Morgan fingerprint density at radius 2 is 1.01 bits per heavy atom. The minimum Gasteiger partial charge on any atom is -0.507 e. The lowest BCUT2D eigenvalue weighted by atomic mass is 9.79. The predicted octanol–water partition coefficient (Wildman–Crippen LogP) is 17.6. The van der Waals surface area contributed by atoms with Crippen LogP contribution in [-0.4, -0.2) is 19.6 Å². The normalized spacial score (nSPS) is 12.5. The maximum absolute atomic E-state index is 12.6. The molecule has 348 valence electrons. The SMILES string of the molecule is Cc1ccc(-n2c(-c3cc(C(C)(C)C)cc(C(C)(C)C)c3O)nc3c(-c4cc(-c5cc(-c6ccc(-c7ccccc7)cc6)ccn5)cc(C(C)(C)C)c4)cccc32)c(-c2ccc(C(C)(C)C)cc2)c1. The van der Waals surface area contributed by atoms with Crippen LogP contribution in [0.2, 0.25) is 0 Å². The lowest BCUT2D eigenvalue weighted by Gasteiger charge is -2.27. The minimum absolute atomic E-state index is 0.0244. The predicted molar refractivity (Wildman–Crippen MR) is 293 cm³/mol. The zero-order valence-corrected chi connectivity index (χ0v) is 42.9. The van der Waals surface area contributed by atoms with E-state index < -0.39 is 0 Å². The number of imidazole rings is 1. The molecule has 0 aliphatic heterocycles. The van der Waals surface area contributed by atoms with Gasteiger partial charge in [-0.05, 0) is 127 Å². The van der Waals surface area contributed by atoms with Crippen LogP contribution in [0.1, 0.15) is 111 Å². The number of para-hydroxylation sites is 1. The summed E-state index contributed by atoms with van der Waals surface area (Å²) in [4.78, 5) is 10.7. The monoisotopic (exact) mass is 906 g/mol. The highest BCUT2D eigenvalue weighted by molar-refractivity contribution is 5.98. The van der Waals surface area contributed by atoms with Crippen molar-refractivity contribution in [2.75, 3.05) is 0 Å². The molecule has 7 aromatic carbocycles. The number of aromatic nitrogens is 3. The number of benzene rings is 7. The average molecular weight is 906 g/mol.